The summed E-state index contributed by atoms with van der Waals surface area (Å²) in [5.74, 6) is 0.463. The van der Waals surface area contributed by atoms with Gasteiger partial charge < -0.3 is 4.57 Å². The number of hydrogen-bond acceptors (Lipinski definition) is 5. The minimum atomic E-state index is 0.463. The largest absolute Gasteiger partial charge is 0.334 e. The van der Waals surface area contributed by atoms with E-state index < -0.39 is 0 Å². The molecule has 1 saturated heterocycles. The first-order chi connectivity index (χ1) is 14.3. The molecule has 6 nitrogen and oxygen atoms in total. The highest BCUT2D eigenvalue weighted by atomic mass is 15.1. The molecule has 0 amide bonds. The van der Waals surface area contributed by atoms with Gasteiger partial charge in [-0.2, -0.15) is 0 Å². The highest BCUT2D eigenvalue weighted by Gasteiger charge is 2.24. The first-order valence-electron chi connectivity index (χ1n) is 10.1. The summed E-state index contributed by atoms with van der Waals surface area (Å²) < 4.78 is 2.08. The van der Waals surface area contributed by atoms with Crippen molar-refractivity contribution < 1.29 is 0 Å². The van der Waals surface area contributed by atoms with Crippen LogP contribution in [-0.2, 0) is 13.6 Å². The van der Waals surface area contributed by atoms with Crippen molar-refractivity contribution in [3.63, 3.8) is 0 Å². The number of piperidine rings is 1. The third-order valence-corrected chi connectivity index (χ3v) is 5.79. The molecule has 1 fully saturated rings. The Morgan fingerprint density at radius 2 is 1.93 bits per heavy atom. The molecule has 0 unspecified atom stereocenters. The SMILES string of the molecule is Cn1cnc2c(-c3cccnc3)nc(C3CCN(Cc4ccccn4)CC3)cc21. The maximum atomic E-state index is 5.07. The molecule has 5 rings (SSSR count). The number of rotatable bonds is 4. The van der Waals surface area contributed by atoms with Gasteiger partial charge in [-0.15, -0.1) is 0 Å². The van der Waals surface area contributed by atoms with Crippen LogP contribution in [0, 0.1) is 0 Å². The predicted octanol–water partition coefficient (Wildman–Crippen LogP) is 3.80. The van der Waals surface area contributed by atoms with Gasteiger partial charge in [-0.1, -0.05) is 6.07 Å². The van der Waals surface area contributed by atoms with Crippen molar-refractivity contribution in [1.29, 1.82) is 0 Å². The Kier molecular flexibility index (Phi) is 4.77. The van der Waals surface area contributed by atoms with Gasteiger partial charge in [0.25, 0.3) is 0 Å². The van der Waals surface area contributed by atoms with Crippen molar-refractivity contribution in [2.75, 3.05) is 13.1 Å². The van der Waals surface area contributed by atoms with Crippen LogP contribution in [0.2, 0.25) is 0 Å². The molecule has 0 N–H and O–H groups in total. The van der Waals surface area contributed by atoms with Gasteiger partial charge in [-0.3, -0.25) is 19.9 Å². The number of aromatic nitrogens is 5. The van der Waals surface area contributed by atoms with E-state index in [-0.39, 0.29) is 0 Å². The average Bonchev–Trinajstić information content (AvgIpc) is 3.16. The van der Waals surface area contributed by atoms with Crippen molar-refractivity contribution in [1.82, 2.24) is 29.4 Å². The lowest BCUT2D eigenvalue weighted by Crippen LogP contribution is -2.33. The van der Waals surface area contributed by atoms with Gasteiger partial charge >= 0.3 is 0 Å². The lowest BCUT2D eigenvalue weighted by atomic mass is 9.92. The fraction of sp³-hybridized carbons (Fsp3) is 0.304. The second-order valence-corrected chi connectivity index (χ2v) is 7.73. The predicted molar refractivity (Wildman–Crippen MR) is 113 cm³/mol. The number of aryl methyl sites for hydroxylation is 1. The van der Waals surface area contributed by atoms with E-state index in [1.807, 2.05) is 37.9 Å². The molecule has 0 atom stereocenters. The molecular formula is C23H24N6. The molecule has 0 saturated carbocycles. The second-order valence-electron chi connectivity index (χ2n) is 7.73. The maximum absolute atomic E-state index is 5.07. The van der Waals surface area contributed by atoms with Crippen LogP contribution < -0.4 is 0 Å². The molecule has 5 heterocycles. The zero-order valence-electron chi connectivity index (χ0n) is 16.6. The van der Waals surface area contributed by atoms with E-state index >= 15 is 0 Å². The summed E-state index contributed by atoms with van der Waals surface area (Å²) in [5, 5.41) is 0. The summed E-state index contributed by atoms with van der Waals surface area (Å²) >= 11 is 0. The molecule has 4 aromatic rings. The van der Waals surface area contributed by atoms with Crippen molar-refractivity contribution >= 4 is 11.0 Å². The Hall–Kier alpha value is -3.12. The molecule has 0 aromatic carbocycles. The summed E-state index contributed by atoms with van der Waals surface area (Å²) in [6.45, 7) is 3.05. The molecule has 0 radical (unpaired) electrons. The lowest BCUT2D eigenvalue weighted by Gasteiger charge is -2.31. The highest BCUT2D eigenvalue weighted by molar-refractivity contribution is 5.89. The van der Waals surface area contributed by atoms with E-state index in [0.29, 0.717) is 5.92 Å². The number of likely N-dealkylation sites (tertiary alicyclic amines) is 1. The van der Waals surface area contributed by atoms with Crippen LogP contribution in [0.3, 0.4) is 0 Å². The molecule has 0 bridgehead atoms. The van der Waals surface area contributed by atoms with Crippen LogP contribution in [0.15, 0.2) is 61.3 Å². The molecule has 1 aliphatic rings. The minimum Gasteiger partial charge on any atom is -0.334 e. The van der Waals surface area contributed by atoms with E-state index in [1.165, 1.54) is 0 Å². The van der Waals surface area contributed by atoms with Crippen molar-refractivity contribution in [3.8, 4) is 11.3 Å². The van der Waals surface area contributed by atoms with Gasteiger partial charge in [0, 0.05) is 49.4 Å². The van der Waals surface area contributed by atoms with Gasteiger partial charge in [0.05, 0.1) is 23.2 Å². The Labute approximate surface area is 170 Å². The number of nitrogens with zero attached hydrogens (tertiary/aromatic N) is 6. The standard InChI is InChI=1S/C23H24N6/c1-28-16-26-23-21(28)13-20(27-22(23)18-5-4-9-24-14-18)17-7-11-29(12-8-17)15-19-6-2-3-10-25-19/h2-6,9-10,13-14,16-17H,7-8,11-12,15H2,1H3. The number of hydrogen-bond donors (Lipinski definition) is 0. The Morgan fingerprint density at radius 3 is 2.69 bits per heavy atom. The van der Waals surface area contributed by atoms with Crippen molar-refractivity contribution in [3.05, 3.63) is 72.7 Å². The molecule has 1 aliphatic heterocycles. The van der Waals surface area contributed by atoms with Crippen molar-refractivity contribution in [2.45, 2.75) is 25.3 Å². The van der Waals surface area contributed by atoms with E-state index in [4.69, 9.17) is 4.98 Å². The number of imidazole rings is 1. The van der Waals surface area contributed by atoms with Crippen LogP contribution in [0.5, 0.6) is 0 Å². The molecular weight excluding hydrogens is 360 g/mol. The third kappa shape index (κ3) is 3.63. The maximum Gasteiger partial charge on any atom is 0.115 e. The van der Waals surface area contributed by atoms with Crippen molar-refractivity contribution in [2.24, 2.45) is 7.05 Å². The van der Waals surface area contributed by atoms with Crippen LogP contribution in [0.4, 0.5) is 0 Å². The third-order valence-electron chi connectivity index (χ3n) is 5.79. The Balaban J connectivity index is 1.40. The zero-order chi connectivity index (χ0) is 19.6. The van der Waals surface area contributed by atoms with Crippen LogP contribution >= 0.6 is 0 Å². The normalized spacial score (nSPS) is 15.8. The highest BCUT2D eigenvalue weighted by Crippen LogP contribution is 2.33. The first kappa shape index (κ1) is 17.9. The minimum absolute atomic E-state index is 0.463. The zero-order valence-corrected chi connectivity index (χ0v) is 16.6. The van der Waals surface area contributed by atoms with Crippen LogP contribution in [0.1, 0.15) is 30.1 Å². The van der Waals surface area contributed by atoms with Gasteiger partial charge in [0.15, 0.2) is 0 Å². The number of fused-ring (bicyclic) bond motifs is 1. The quantitative estimate of drug-likeness (QED) is 0.536. The second kappa shape index (κ2) is 7.72. The molecule has 146 valence electrons. The summed E-state index contributed by atoms with van der Waals surface area (Å²) in [4.78, 5) is 20.9. The molecule has 6 heteroatoms. The van der Waals surface area contributed by atoms with E-state index in [0.717, 1.165) is 66.2 Å². The van der Waals surface area contributed by atoms with Gasteiger partial charge in [0.1, 0.15) is 5.52 Å². The summed E-state index contributed by atoms with van der Waals surface area (Å²) in [6.07, 6.45) is 9.61. The lowest BCUT2D eigenvalue weighted by molar-refractivity contribution is 0.201. The molecule has 4 aromatic heterocycles. The van der Waals surface area contributed by atoms with E-state index in [9.17, 15) is 0 Å². The number of pyridine rings is 3. The van der Waals surface area contributed by atoms with E-state index in [1.54, 1.807) is 6.20 Å². The Morgan fingerprint density at radius 1 is 1.03 bits per heavy atom. The fourth-order valence-electron chi connectivity index (χ4n) is 4.17. The first-order valence-corrected chi connectivity index (χ1v) is 10.1. The molecule has 0 aliphatic carbocycles. The van der Waals surface area contributed by atoms with Gasteiger partial charge in [-0.05, 0) is 56.3 Å². The van der Waals surface area contributed by atoms with Gasteiger partial charge in [0.2, 0.25) is 0 Å². The average molecular weight is 384 g/mol. The Bertz CT molecular complexity index is 1100. The summed E-state index contributed by atoms with van der Waals surface area (Å²) in [5.41, 5.74) is 6.33. The van der Waals surface area contributed by atoms with E-state index in [2.05, 4.69) is 48.7 Å². The summed E-state index contributed by atoms with van der Waals surface area (Å²) in [6, 6.07) is 12.4. The van der Waals surface area contributed by atoms with Gasteiger partial charge in [-0.25, -0.2) is 4.98 Å². The summed E-state index contributed by atoms with van der Waals surface area (Å²) in [7, 11) is 2.04. The smallest absolute Gasteiger partial charge is 0.115 e. The fourth-order valence-corrected chi connectivity index (χ4v) is 4.17. The van der Waals surface area contributed by atoms with Crippen LogP contribution in [-0.4, -0.2) is 42.5 Å². The topological polar surface area (TPSA) is 59.7 Å². The molecule has 0 spiro atoms. The van der Waals surface area contributed by atoms with Crippen LogP contribution in [0.25, 0.3) is 22.3 Å². The molecule has 29 heavy (non-hydrogen) atoms. The monoisotopic (exact) mass is 384 g/mol.